The maximum Gasteiger partial charge on any atom is 0.326 e. The van der Waals surface area contributed by atoms with E-state index < -0.39 is 23.9 Å². The van der Waals surface area contributed by atoms with Crippen molar-refractivity contribution in [2.75, 3.05) is 6.54 Å². The third-order valence-electron chi connectivity index (χ3n) is 4.06. The van der Waals surface area contributed by atoms with Gasteiger partial charge in [0.05, 0.1) is 0 Å². The van der Waals surface area contributed by atoms with Gasteiger partial charge in [-0.05, 0) is 25.3 Å². The second-order valence-electron chi connectivity index (χ2n) is 5.42. The summed E-state index contributed by atoms with van der Waals surface area (Å²) in [6.07, 6.45) is 1.49. The minimum Gasteiger partial charge on any atom is -0.480 e. The van der Waals surface area contributed by atoms with Crippen molar-refractivity contribution in [1.82, 2.24) is 4.90 Å². The van der Waals surface area contributed by atoms with Crippen LogP contribution in [-0.2, 0) is 16.0 Å². The number of hydrogen-bond acceptors (Lipinski definition) is 3. The van der Waals surface area contributed by atoms with Crippen LogP contribution in [0.3, 0.4) is 0 Å². The average Bonchev–Trinajstić information content (AvgIpc) is 2.92. The predicted molar refractivity (Wildman–Crippen MR) is 71.5 cm³/mol. The summed E-state index contributed by atoms with van der Waals surface area (Å²) in [7, 11) is 0. The summed E-state index contributed by atoms with van der Waals surface area (Å²) < 4.78 is 19.1. The molecule has 21 heavy (non-hydrogen) atoms. The molecule has 0 aliphatic carbocycles. The number of hydrogen-bond donors (Lipinski definition) is 1. The maximum atomic E-state index is 13.6. The highest BCUT2D eigenvalue weighted by molar-refractivity contribution is 5.87. The molecule has 0 saturated carbocycles. The van der Waals surface area contributed by atoms with Gasteiger partial charge in [-0.3, -0.25) is 4.79 Å². The maximum absolute atomic E-state index is 13.6. The van der Waals surface area contributed by atoms with Gasteiger partial charge in [-0.1, -0.05) is 12.1 Å². The lowest BCUT2D eigenvalue weighted by Gasteiger charge is -2.34. The van der Waals surface area contributed by atoms with Crippen LogP contribution in [0.25, 0.3) is 0 Å². The molecule has 112 valence electrons. The van der Waals surface area contributed by atoms with Crippen LogP contribution in [0.4, 0.5) is 4.39 Å². The Bertz CT molecular complexity index is 589. The molecule has 0 spiro atoms. The van der Waals surface area contributed by atoms with Crippen LogP contribution in [0.1, 0.15) is 24.8 Å². The summed E-state index contributed by atoms with van der Waals surface area (Å²) in [4.78, 5) is 25.1. The van der Waals surface area contributed by atoms with Gasteiger partial charge in [-0.2, -0.15) is 0 Å². The Morgan fingerprint density at radius 3 is 2.86 bits per heavy atom. The zero-order chi connectivity index (χ0) is 15.0. The normalized spacial score (nSPS) is 24.3. The van der Waals surface area contributed by atoms with Crippen molar-refractivity contribution in [3.8, 4) is 5.75 Å². The lowest BCUT2D eigenvalue weighted by molar-refractivity contribution is -0.155. The summed E-state index contributed by atoms with van der Waals surface area (Å²) in [6.45, 7) is 0.411. The molecule has 0 aromatic heterocycles. The van der Waals surface area contributed by atoms with Gasteiger partial charge in [-0.15, -0.1) is 0 Å². The van der Waals surface area contributed by atoms with E-state index in [1.54, 1.807) is 12.1 Å². The SMILES string of the molecule is O=C(O)[C@H]1CCCCN1C(=O)[C@@H]1Cc2cccc(F)c2O1. The van der Waals surface area contributed by atoms with Crippen molar-refractivity contribution < 1.29 is 23.8 Å². The molecule has 2 heterocycles. The van der Waals surface area contributed by atoms with E-state index in [0.29, 0.717) is 18.5 Å². The standard InChI is InChI=1S/C15H16FNO4/c16-10-5-3-4-9-8-12(21-13(9)10)14(18)17-7-2-1-6-11(17)15(19)20/h3-5,11-12H,1-2,6-8H2,(H,19,20)/t11-,12+/m1/s1. The molecule has 0 bridgehead atoms. The first-order valence-electron chi connectivity index (χ1n) is 7.05. The topological polar surface area (TPSA) is 66.8 Å². The Kier molecular flexibility index (Phi) is 3.53. The molecule has 6 heteroatoms. The minimum absolute atomic E-state index is 0.111. The first-order chi connectivity index (χ1) is 10.1. The van der Waals surface area contributed by atoms with Crippen LogP contribution in [0.2, 0.25) is 0 Å². The molecule has 1 amide bonds. The molecule has 1 N–H and O–H groups in total. The Morgan fingerprint density at radius 1 is 1.33 bits per heavy atom. The highest BCUT2D eigenvalue weighted by Gasteiger charge is 2.39. The molecule has 3 rings (SSSR count). The number of para-hydroxylation sites is 1. The number of fused-ring (bicyclic) bond motifs is 1. The van der Waals surface area contributed by atoms with Crippen LogP contribution < -0.4 is 4.74 Å². The van der Waals surface area contributed by atoms with Crippen molar-refractivity contribution in [1.29, 1.82) is 0 Å². The monoisotopic (exact) mass is 293 g/mol. The summed E-state index contributed by atoms with van der Waals surface area (Å²) in [5.74, 6) is -1.74. The lowest BCUT2D eigenvalue weighted by atomic mass is 10.0. The average molecular weight is 293 g/mol. The van der Waals surface area contributed by atoms with Gasteiger partial charge in [-0.25, -0.2) is 9.18 Å². The number of halogens is 1. The van der Waals surface area contributed by atoms with Crippen LogP contribution in [0.15, 0.2) is 18.2 Å². The first-order valence-corrected chi connectivity index (χ1v) is 7.05. The van der Waals surface area contributed by atoms with Crippen LogP contribution in [0.5, 0.6) is 5.75 Å². The van der Waals surface area contributed by atoms with E-state index in [9.17, 15) is 19.1 Å². The summed E-state index contributed by atoms with van der Waals surface area (Å²) in [6, 6.07) is 3.78. The molecule has 1 saturated heterocycles. The summed E-state index contributed by atoms with van der Waals surface area (Å²) in [5, 5.41) is 9.22. The highest BCUT2D eigenvalue weighted by atomic mass is 19.1. The van der Waals surface area contributed by atoms with Gasteiger partial charge >= 0.3 is 5.97 Å². The minimum atomic E-state index is -0.996. The summed E-state index contributed by atoms with van der Waals surface area (Å²) >= 11 is 0. The van der Waals surface area contributed by atoms with E-state index >= 15 is 0 Å². The third kappa shape index (κ3) is 2.46. The number of carboxylic acid groups (broad SMARTS) is 1. The number of ether oxygens (including phenoxy) is 1. The molecule has 1 fully saturated rings. The molecule has 0 radical (unpaired) electrons. The number of rotatable bonds is 2. The Balaban J connectivity index is 1.78. The number of carboxylic acids is 1. The number of piperidine rings is 1. The van der Waals surface area contributed by atoms with Crippen LogP contribution in [-0.4, -0.2) is 40.6 Å². The van der Waals surface area contributed by atoms with Crippen molar-refractivity contribution in [2.45, 2.75) is 37.8 Å². The fraction of sp³-hybridized carbons (Fsp3) is 0.467. The molecular formula is C15H16FNO4. The smallest absolute Gasteiger partial charge is 0.326 e. The van der Waals surface area contributed by atoms with E-state index in [1.807, 2.05) is 0 Å². The van der Waals surface area contributed by atoms with E-state index in [1.165, 1.54) is 11.0 Å². The number of benzene rings is 1. The number of nitrogens with zero attached hydrogens (tertiary/aromatic N) is 1. The van der Waals surface area contributed by atoms with Crippen molar-refractivity contribution in [3.05, 3.63) is 29.6 Å². The quantitative estimate of drug-likeness (QED) is 0.899. The molecule has 1 aromatic carbocycles. The summed E-state index contributed by atoms with van der Waals surface area (Å²) in [5.41, 5.74) is 0.650. The van der Waals surface area contributed by atoms with Gasteiger partial charge in [0.1, 0.15) is 6.04 Å². The van der Waals surface area contributed by atoms with Crippen LogP contribution >= 0.6 is 0 Å². The molecule has 1 aromatic rings. The predicted octanol–water partition coefficient (Wildman–Crippen LogP) is 1.59. The van der Waals surface area contributed by atoms with Gasteiger partial charge in [0.25, 0.3) is 5.91 Å². The Morgan fingerprint density at radius 2 is 2.14 bits per heavy atom. The lowest BCUT2D eigenvalue weighted by Crippen LogP contribution is -2.52. The molecule has 2 aliphatic heterocycles. The number of carbonyl (C=O) groups excluding carboxylic acids is 1. The Labute approximate surface area is 121 Å². The highest BCUT2D eigenvalue weighted by Crippen LogP contribution is 2.32. The molecule has 2 atom stereocenters. The second kappa shape index (κ2) is 5.35. The number of aliphatic carboxylic acids is 1. The van der Waals surface area contributed by atoms with E-state index in [-0.39, 0.29) is 18.1 Å². The zero-order valence-electron chi connectivity index (χ0n) is 11.4. The second-order valence-corrected chi connectivity index (χ2v) is 5.42. The van der Waals surface area contributed by atoms with E-state index in [0.717, 1.165) is 12.8 Å². The van der Waals surface area contributed by atoms with Gasteiger partial charge < -0.3 is 14.7 Å². The number of likely N-dealkylation sites (tertiary alicyclic amines) is 1. The Hall–Kier alpha value is -2.11. The number of amides is 1. The number of carbonyl (C=O) groups is 2. The van der Waals surface area contributed by atoms with E-state index in [2.05, 4.69) is 0 Å². The fourth-order valence-electron chi connectivity index (χ4n) is 3.00. The van der Waals surface area contributed by atoms with Crippen molar-refractivity contribution >= 4 is 11.9 Å². The van der Waals surface area contributed by atoms with Gasteiger partial charge in [0.15, 0.2) is 17.7 Å². The molecule has 0 unspecified atom stereocenters. The van der Waals surface area contributed by atoms with Gasteiger partial charge in [0, 0.05) is 18.5 Å². The largest absolute Gasteiger partial charge is 0.480 e. The van der Waals surface area contributed by atoms with Crippen molar-refractivity contribution in [2.24, 2.45) is 0 Å². The third-order valence-corrected chi connectivity index (χ3v) is 4.06. The molecule has 2 aliphatic rings. The van der Waals surface area contributed by atoms with E-state index in [4.69, 9.17) is 4.74 Å². The van der Waals surface area contributed by atoms with Crippen molar-refractivity contribution in [3.63, 3.8) is 0 Å². The molecular weight excluding hydrogens is 277 g/mol. The van der Waals surface area contributed by atoms with Gasteiger partial charge in [0.2, 0.25) is 0 Å². The molecule has 5 nitrogen and oxygen atoms in total. The van der Waals surface area contributed by atoms with Crippen LogP contribution in [0, 0.1) is 5.82 Å². The zero-order valence-corrected chi connectivity index (χ0v) is 11.4. The fourth-order valence-corrected chi connectivity index (χ4v) is 3.00. The first kappa shape index (κ1) is 13.9.